The van der Waals surface area contributed by atoms with Crippen LogP contribution in [0, 0.1) is 11.6 Å². The van der Waals surface area contributed by atoms with E-state index in [1.807, 2.05) is 54.6 Å². The van der Waals surface area contributed by atoms with E-state index in [2.05, 4.69) is 10.4 Å². The lowest BCUT2D eigenvalue weighted by Gasteiger charge is -2.12. The molecule has 7 heteroatoms. The average molecular weight is 419 g/mol. The zero-order chi connectivity index (χ0) is 21.6. The van der Waals surface area contributed by atoms with Crippen LogP contribution in [-0.4, -0.2) is 15.7 Å². The van der Waals surface area contributed by atoms with Crippen LogP contribution in [0.15, 0.2) is 85.1 Å². The number of ether oxygens (including phenoxy) is 1. The molecular formula is C24H19F2N3O2. The van der Waals surface area contributed by atoms with Crippen LogP contribution in [0.25, 0.3) is 0 Å². The highest BCUT2D eigenvalue weighted by Gasteiger charge is 2.16. The maximum absolute atomic E-state index is 13.8. The van der Waals surface area contributed by atoms with Gasteiger partial charge < -0.3 is 10.1 Å². The molecule has 4 rings (SSSR count). The lowest BCUT2D eigenvalue weighted by Crippen LogP contribution is -2.15. The molecule has 0 spiro atoms. The minimum Gasteiger partial charge on any atom is -0.489 e. The number of hydrogen-bond donors (Lipinski definition) is 1. The fourth-order valence-corrected chi connectivity index (χ4v) is 3.05. The minimum atomic E-state index is -0.850. The van der Waals surface area contributed by atoms with Crippen LogP contribution in [-0.2, 0) is 13.2 Å². The molecule has 0 aliphatic carbocycles. The fourth-order valence-electron chi connectivity index (χ4n) is 3.05. The smallest absolute Gasteiger partial charge is 0.276 e. The van der Waals surface area contributed by atoms with Crippen molar-refractivity contribution in [2.24, 2.45) is 0 Å². The Kier molecular flexibility index (Phi) is 6.03. The van der Waals surface area contributed by atoms with Gasteiger partial charge in [-0.3, -0.25) is 9.48 Å². The molecule has 0 saturated carbocycles. The predicted octanol–water partition coefficient (Wildman–Crippen LogP) is 5.04. The highest BCUT2D eigenvalue weighted by atomic mass is 19.1. The van der Waals surface area contributed by atoms with Crippen LogP contribution >= 0.6 is 0 Å². The fraction of sp³-hybridized carbons (Fsp3) is 0.0833. The summed E-state index contributed by atoms with van der Waals surface area (Å²) >= 11 is 0. The van der Waals surface area contributed by atoms with E-state index in [4.69, 9.17) is 4.74 Å². The number of hydrogen-bond acceptors (Lipinski definition) is 3. The lowest BCUT2D eigenvalue weighted by molar-refractivity contribution is 0.102. The highest BCUT2D eigenvalue weighted by molar-refractivity contribution is 6.02. The van der Waals surface area contributed by atoms with Crippen molar-refractivity contribution in [1.29, 1.82) is 0 Å². The zero-order valence-electron chi connectivity index (χ0n) is 16.5. The van der Waals surface area contributed by atoms with Crippen molar-refractivity contribution < 1.29 is 18.3 Å². The van der Waals surface area contributed by atoms with E-state index in [0.29, 0.717) is 18.9 Å². The number of carbonyl (C=O) groups excluding carboxylic acids is 1. The summed E-state index contributed by atoms with van der Waals surface area (Å²) in [6, 6.07) is 22.2. The third-order valence-corrected chi connectivity index (χ3v) is 4.62. The van der Waals surface area contributed by atoms with E-state index in [-0.39, 0.29) is 5.69 Å². The number of benzene rings is 3. The Labute approximate surface area is 177 Å². The van der Waals surface area contributed by atoms with Crippen molar-refractivity contribution >= 4 is 11.6 Å². The second-order valence-corrected chi connectivity index (χ2v) is 6.83. The molecule has 1 amide bonds. The van der Waals surface area contributed by atoms with E-state index in [1.165, 1.54) is 12.1 Å². The van der Waals surface area contributed by atoms with Crippen molar-refractivity contribution in [1.82, 2.24) is 9.78 Å². The molecular weight excluding hydrogens is 400 g/mol. The molecule has 0 saturated heterocycles. The first kappa shape index (κ1) is 20.3. The number of halogens is 2. The topological polar surface area (TPSA) is 56.2 Å². The van der Waals surface area contributed by atoms with Crippen LogP contribution in [0.4, 0.5) is 14.5 Å². The van der Waals surface area contributed by atoms with Gasteiger partial charge in [0, 0.05) is 11.8 Å². The van der Waals surface area contributed by atoms with Crippen molar-refractivity contribution in [3.05, 3.63) is 114 Å². The SMILES string of the molecule is O=C(Nc1c(F)cccc1F)c1ccn(Cc2ccccc2OCc2ccccc2)n1. The van der Waals surface area contributed by atoms with Crippen molar-refractivity contribution in [3.63, 3.8) is 0 Å². The van der Waals surface area contributed by atoms with E-state index >= 15 is 0 Å². The molecule has 5 nitrogen and oxygen atoms in total. The summed E-state index contributed by atoms with van der Waals surface area (Å²) in [4.78, 5) is 12.4. The Morgan fingerprint density at radius 1 is 0.903 bits per heavy atom. The van der Waals surface area contributed by atoms with Crippen LogP contribution in [0.2, 0.25) is 0 Å². The van der Waals surface area contributed by atoms with Crippen molar-refractivity contribution in [3.8, 4) is 5.75 Å². The number of amides is 1. The van der Waals surface area contributed by atoms with Gasteiger partial charge in [0.15, 0.2) is 5.69 Å². The van der Waals surface area contributed by atoms with Crippen LogP contribution in [0.3, 0.4) is 0 Å². The molecule has 0 aliphatic heterocycles. The number of nitrogens with one attached hydrogen (secondary N) is 1. The number of aromatic nitrogens is 2. The summed E-state index contributed by atoms with van der Waals surface area (Å²) in [7, 11) is 0. The third kappa shape index (κ3) is 4.95. The molecule has 1 heterocycles. The van der Waals surface area contributed by atoms with Crippen molar-refractivity contribution in [2.75, 3.05) is 5.32 Å². The molecule has 0 atom stereocenters. The standard InChI is InChI=1S/C24H19F2N3O2/c25-19-10-6-11-20(26)23(19)27-24(30)21-13-14-29(28-21)15-18-9-4-5-12-22(18)31-16-17-7-2-1-3-8-17/h1-14H,15-16H2,(H,27,30). The largest absolute Gasteiger partial charge is 0.489 e. The Morgan fingerprint density at radius 3 is 2.39 bits per heavy atom. The van der Waals surface area contributed by atoms with Crippen LogP contribution < -0.4 is 10.1 Å². The Hall–Kier alpha value is -4.00. The molecule has 31 heavy (non-hydrogen) atoms. The molecule has 0 fully saturated rings. The molecule has 156 valence electrons. The minimum absolute atomic E-state index is 0.0466. The second kappa shape index (κ2) is 9.21. The molecule has 0 unspecified atom stereocenters. The van der Waals surface area contributed by atoms with Gasteiger partial charge in [-0.15, -0.1) is 0 Å². The maximum Gasteiger partial charge on any atom is 0.276 e. The van der Waals surface area contributed by atoms with Crippen molar-refractivity contribution in [2.45, 2.75) is 13.2 Å². The molecule has 4 aromatic rings. The second-order valence-electron chi connectivity index (χ2n) is 6.83. The lowest BCUT2D eigenvalue weighted by atomic mass is 10.2. The quantitative estimate of drug-likeness (QED) is 0.457. The van der Waals surface area contributed by atoms with Gasteiger partial charge >= 0.3 is 0 Å². The van der Waals surface area contributed by atoms with E-state index in [9.17, 15) is 13.6 Å². The first-order valence-electron chi connectivity index (χ1n) is 9.63. The summed E-state index contributed by atoms with van der Waals surface area (Å²) in [6.07, 6.45) is 1.63. The number of rotatable bonds is 7. The monoisotopic (exact) mass is 419 g/mol. The first-order chi connectivity index (χ1) is 15.1. The molecule has 1 N–H and O–H groups in total. The predicted molar refractivity (Wildman–Crippen MR) is 113 cm³/mol. The summed E-state index contributed by atoms with van der Waals surface area (Å²) < 4.78 is 35.0. The van der Waals surface area contributed by atoms with Crippen LogP contribution in [0.1, 0.15) is 21.6 Å². The van der Waals surface area contributed by atoms with Gasteiger partial charge in [0.1, 0.15) is 29.7 Å². The maximum atomic E-state index is 13.8. The Bertz CT molecular complexity index is 1170. The van der Waals surface area contributed by atoms with Gasteiger partial charge in [-0.05, 0) is 29.8 Å². The van der Waals surface area contributed by atoms with E-state index in [0.717, 1.165) is 23.3 Å². The molecule has 0 bridgehead atoms. The van der Waals surface area contributed by atoms with Gasteiger partial charge in [-0.25, -0.2) is 8.78 Å². The Balaban J connectivity index is 1.45. The van der Waals surface area contributed by atoms with Gasteiger partial charge in [0.2, 0.25) is 0 Å². The van der Waals surface area contributed by atoms with Gasteiger partial charge in [-0.1, -0.05) is 54.6 Å². The summed E-state index contributed by atoms with van der Waals surface area (Å²) in [5.41, 5.74) is 1.48. The first-order valence-corrected chi connectivity index (χ1v) is 9.63. The third-order valence-electron chi connectivity index (χ3n) is 4.62. The highest BCUT2D eigenvalue weighted by Crippen LogP contribution is 2.21. The van der Waals surface area contributed by atoms with Gasteiger partial charge in [0.25, 0.3) is 5.91 Å². The summed E-state index contributed by atoms with van der Waals surface area (Å²) in [5, 5.41) is 6.46. The molecule has 3 aromatic carbocycles. The van der Waals surface area contributed by atoms with Gasteiger partial charge in [0.05, 0.1) is 6.54 Å². The number of carbonyl (C=O) groups is 1. The zero-order valence-corrected chi connectivity index (χ0v) is 16.5. The summed E-state index contributed by atoms with van der Waals surface area (Å²) in [6.45, 7) is 0.797. The average Bonchev–Trinajstić information content (AvgIpc) is 3.25. The van der Waals surface area contributed by atoms with E-state index < -0.39 is 23.2 Å². The van der Waals surface area contributed by atoms with Gasteiger partial charge in [-0.2, -0.15) is 5.10 Å². The van der Waals surface area contributed by atoms with Crippen LogP contribution in [0.5, 0.6) is 5.75 Å². The Morgan fingerprint density at radius 2 is 1.61 bits per heavy atom. The number of anilines is 1. The van der Waals surface area contributed by atoms with E-state index in [1.54, 1.807) is 10.9 Å². The normalized spacial score (nSPS) is 10.6. The molecule has 0 radical (unpaired) electrons. The summed E-state index contributed by atoms with van der Waals surface area (Å²) in [5.74, 6) is -1.69. The number of nitrogens with zero attached hydrogens (tertiary/aromatic N) is 2. The molecule has 0 aliphatic rings. The molecule has 1 aromatic heterocycles. The number of para-hydroxylation sites is 2.